The molecule has 2 saturated carbocycles. The number of carbonyl (C=O) groups excluding carboxylic acids is 1. The van der Waals surface area contributed by atoms with E-state index in [1.54, 1.807) is 11.8 Å². The average Bonchev–Trinajstić information content (AvgIpc) is 3.00. The first-order valence-corrected chi connectivity index (χ1v) is 6.70. The van der Waals surface area contributed by atoms with Crippen LogP contribution in [0, 0.1) is 17.8 Å². The first-order valence-electron chi connectivity index (χ1n) is 6.70. The van der Waals surface area contributed by atoms with Crippen LogP contribution >= 0.6 is 0 Å². The molecule has 0 aromatic carbocycles. The second-order valence-electron chi connectivity index (χ2n) is 5.62. The summed E-state index contributed by atoms with van der Waals surface area (Å²) in [5, 5.41) is 7.14. The summed E-state index contributed by atoms with van der Waals surface area (Å²) < 4.78 is 6.85. The molecule has 0 bridgehead atoms. The zero-order chi connectivity index (χ0) is 13.6. The monoisotopic (exact) mass is 264 g/mol. The van der Waals surface area contributed by atoms with Crippen LogP contribution in [-0.2, 0) is 18.4 Å². The summed E-state index contributed by atoms with van der Waals surface area (Å²) in [6.07, 6.45) is 3.81. The van der Waals surface area contributed by atoms with Crippen LogP contribution in [0.4, 0.5) is 0 Å². The first kappa shape index (κ1) is 12.5. The molecular formula is C13H20N4O2. The molecule has 0 radical (unpaired) electrons. The Bertz CT molecular complexity index is 499. The number of aryl methyl sites for hydroxylation is 1. The molecule has 6 heteroatoms. The lowest BCUT2D eigenvalue weighted by molar-refractivity contribution is -0.125. The van der Waals surface area contributed by atoms with Gasteiger partial charge in [0.2, 0.25) is 11.8 Å². The molecule has 0 aliphatic heterocycles. The van der Waals surface area contributed by atoms with E-state index in [4.69, 9.17) is 10.5 Å². The highest BCUT2D eigenvalue weighted by atomic mass is 16.5. The summed E-state index contributed by atoms with van der Waals surface area (Å²) in [5.74, 6) is 1.89. The van der Waals surface area contributed by atoms with Crippen molar-refractivity contribution < 1.29 is 9.53 Å². The van der Waals surface area contributed by atoms with Crippen molar-refractivity contribution in [2.24, 2.45) is 30.5 Å². The molecule has 2 aliphatic rings. The number of amides is 1. The molecular weight excluding hydrogens is 244 g/mol. The predicted molar refractivity (Wildman–Crippen MR) is 69.3 cm³/mol. The molecule has 0 unspecified atom stereocenters. The largest absolute Gasteiger partial charge is 0.480 e. The van der Waals surface area contributed by atoms with Gasteiger partial charge in [0, 0.05) is 31.7 Å². The van der Waals surface area contributed by atoms with Gasteiger partial charge >= 0.3 is 0 Å². The molecule has 1 aromatic rings. The maximum absolute atomic E-state index is 12.2. The molecule has 104 valence electrons. The highest BCUT2D eigenvalue weighted by Crippen LogP contribution is 2.54. The van der Waals surface area contributed by atoms with Gasteiger partial charge in [-0.3, -0.25) is 9.48 Å². The van der Waals surface area contributed by atoms with Crippen molar-refractivity contribution in [1.29, 1.82) is 0 Å². The Balaban J connectivity index is 1.58. The Morgan fingerprint density at radius 2 is 2.37 bits per heavy atom. The van der Waals surface area contributed by atoms with Crippen LogP contribution in [-0.4, -0.2) is 28.8 Å². The Morgan fingerprint density at radius 3 is 2.95 bits per heavy atom. The van der Waals surface area contributed by atoms with E-state index < -0.39 is 0 Å². The van der Waals surface area contributed by atoms with Crippen LogP contribution in [0.2, 0.25) is 0 Å². The Labute approximate surface area is 112 Å². The van der Waals surface area contributed by atoms with Crippen LogP contribution in [0.1, 0.15) is 18.4 Å². The highest BCUT2D eigenvalue weighted by Gasteiger charge is 2.55. The maximum atomic E-state index is 12.2. The number of carbonyl (C=O) groups is 1. The highest BCUT2D eigenvalue weighted by molar-refractivity contribution is 5.80. The van der Waals surface area contributed by atoms with Gasteiger partial charge < -0.3 is 15.8 Å². The van der Waals surface area contributed by atoms with E-state index in [2.05, 4.69) is 10.4 Å². The molecule has 6 nitrogen and oxygen atoms in total. The van der Waals surface area contributed by atoms with E-state index in [0.29, 0.717) is 24.3 Å². The smallest absolute Gasteiger partial charge is 0.237 e. The number of nitrogens with two attached hydrogens (primary N) is 1. The topological polar surface area (TPSA) is 82.2 Å². The molecule has 19 heavy (non-hydrogen) atoms. The van der Waals surface area contributed by atoms with Gasteiger partial charge in [-0.15, -0.1) is 5.10 Å². The lowest BCUT2D eigenvalue weighted by atomic mass is 10.0. The third-order valence-electron chi connectivity index (χ3n) is 4.33. The number of hydrogen-bond acceptors (Lipinski definition) is 4. The Morgan fingerprint density at radius 1 is 1.58 bits per heavy atom. The fourth-order valence-electron chi connectivity index (χ4n) is 3.26. The third kappa shape index (κ3) is 2.20. The van der Waals surface area contributed by atoms with Crippen LogP contribution < -0.4 is 15.8 Å². The minimum absolute atomic E-state index is 0.0997. The fourth-order valence-corrected chi connectivity index (χ4v) is 3.26. The number of ether oxygens (including phenoxy) is 1. The van der Waals surface area contributed by atoms with Crippen LogP contribution in [0.3, 0.4) is 0 Å². The van der Waals surface area contributed by atoms with Crippen molar-refractivity contribution in [3.63, 3.8) is 0 Å². The van der Waals surface area contributed by atoms with Gasteiger partial charge in [0.05, 0.1) is 12.7 Å². The minimum Gasteiger partial charge on any atom is -0.480 e. The average molecular weight is 264 g/mol. The van der Waals surface area contributed by atoms with Crippen molar-refractivity contribution in [3.05, 3.63) is 11.8 Å². The van der Waals surface area contributed by atoms with Gasteiger partial charge in [0.15, 0.2) is 0 Å². The summed E-state index contributed by atoms with van der Waals surface area (Å²) in [7, 11) is 3.41. The lowest BCUT2D eigenvalue weighted by Gasteiger charge is -2.13. The van der Waals surface area contributed by atoms with Crippen LogP contribution in [0.15, 0.2) is 6.20 Å². The predicted octanol–water partition coefficient (Wildman–Crippen LogP) is 0.0282. The van der Waals surface area contributed by atoms with Gasteiger partial charge in [-0.2, -0.15) is 0 Å². The van der Waals surface area contributed by atoms with Crippen molar-refractivity contribution >= 4 is 5.91 Å². The maximum Gasteiger partial charge on any atom is 0.237 e. The summed E-state index contributed by atoms with van der Waals surface area (Å²) in [6, 6.07) is 0.216. The molecule has 1 aromatic heterocycles. The number of rotatable bonds is 4. The molecule has 1 amide bonds. The standard InChI is InChI=1S/C13H20N4O2/c1-17-6-7(13(16-17)19-2)5-15-12(18)10-4-11(14)9-3-8(9)10/h6,8-11H,3-5,14H2,1-2H3,(H,15,18)/t8-,9+,10-,11+/m1/s1. The van der Waals surface area contributed by atoms with Gasteiger partial charge in [-0.05, 0) is 24.7 Å². The zero-order valence-electron chi connectivity index (χ0n) is 11.3. The minimum atomic E-state index is 0.0997. The molecule has 2 fully saturated rings. The number of nitrogens with zero attached hydrogens (tertiary/aromatic N) is 2. The van der Waals surface area contributed by atoms with Gasteiger partial charge in [0.1, 0.15) is 0 Å². The molecule has 2 aliphatic carbocycles. The number of methoxy groups -OCH3 is 1. The fraction of sp³-hybridized carbons (Fsp3) is 0.692. The molecule has 1 heterocycles. The van der Waals surface area contributed by atoms with E-state index in [0.717, 1.165) is 18.4 Å². The van der Waals surface area contributed by atoms with E-state index in [1.807, 2.05) is 13.2 Å². The first-order chi connectivity index (χ1) is 9.10. The zero-order valence-corrected chi connectivity index (χ0v) is 11.3. The van der Waals surface area contributed by atoms with Crippen LogP contribution in [0.25, 0.3) is 0 Å². The van der Waals surface area contributed by atoms with E-state index in [9.17, 15) is 4.79 Å². The summed E-state index contributed by atoms with van der Waals surface area (Å²) in [5.41, 5.74) is 6.89. The summed E-state index contributed by atoms with van der Waals surface area (Å²) in [6.45, 7) is 0.457. The molecule has 0 saturated heterocycles. The van der Waals surface area contributed by atoms with Gasteiger partial charge in [-0.1, -0.05) is 0 Å². The van der Waals surface area contributed by atoms with E-state index >= 15 is 0 Å². The molecule has 3 N–H and O–H groups in total. The van der Waals surface area contributed by atoms with Crippen molar-refractivity contribution in [3.8, 4) is 5.88 Å². The van der Waals surface area contributed by atoms with Gasteiger partial charge in [0.25, 0.3) is 0 Å². The number of aromatic nitrogens is 2. The van der Waals surface area contributed by atoms with Crippen molar-refractivity contribution in [2.75, 3.05) is 7.11 Å². The molecule has 3 rings (SSSR count). The molecule has 0 spiro atoms. The summed E-state index contributed by atoms with van der Waals surface area (Å²) in [4.78, 5) is 12.2. The second kappa shape index (κ2) is 4.52. The van der Waals surface area contributed by atoms with Gasteiger partial charge in [-0.25, -0.2) is 0 Å². The third-order valence-corrected chi connectivity index (χ3v) is 4.33. The quantitative estimate of drug-likeness (QED) is 0.803. The number of nitrogens with one attached hydrogen (secondary N) is 1. The van der Waals surface area contributed by atoms with Crippen molar-refractivity contribution in [1.82, 2.24) is 15.1 Å². The Kier molecular flexibility index (Phi) is 2.97. The van der Waals surface area contributed by atoms with Crippen molar-refractivity contribution in [2.45, 2.75) is 25.4 Å². The number of fused-ring (bicyclic) bond motifs is 1. The SMILES string of the molecule is COc1nn(C)cc1CNC(=O)[C@@H]1C[C@H](N)[C@H]2C[C@H]21. The van der Waals surface area contributed by atoms with E-state index in [1.165, 1.54) is 0 Å². The van der Waals surface area contributed by atoms with Crippen LogP contribution in [0.5, 0.6) is 5.88 Å². The summed E-state index contributed by atoms with van der Waals surface area (Å²) >= 11 is 0. The lowest BCUT2D eigenvalue weighted by Crippen LogP contribution is -2.32. The normalized spacial score (nSPS) is 31.9. The Hall–Kier alpha value is -1.56. The van der Waals surface area contributed by atoms with E-state index in [-0.39, 0.29) is 17.9 Å². The molecule has 4 atom stereocenters. The second-order valence-corrected chi connectivity index (χ2v) is 5.62. The number of hydrogen-bond donors (Lipinski definition) is 2.